The number of hydrogen-bond donors (Lipinski definition) is 0. The molecule has 0 fully saturated rings. The molecule has 0 saturated carbocycles. The van der Waals surface area contributed by atoms with E-state index in [1.165, 1.54) is 0 Å². The Kier molecular flexibility index (Phi) is 3.56. The van der Waals surface area contributed by atoms with Crippen molar-refractivity contribution in [1.82, 2.24) is 4.90 Å². The number of hydrogen-bond acceptors (Lipinski definition) is 2. The zero-order chi connectivity index (χ0) is 8.15. The summed E-state index contributed by atoms with van der Waals surface area (Å²) in [7, 11) is 0. The Morgan fingerprint density at radius 2 is 2.30 bits per heavy atom. The van der Waals surface area contributed by atoms with Crippen molar-refractivity contribution in [1.29, 1.82) is 5.26 Å². The van der Waals surface area contributed by atoms with Crippen LogP contribution in [0.1, 0.15) is 20.8 Å². The Balaban J connectivity index is 4.09. The zero-order valence-electron chi connectivity index (χ0n) is 6.89. The standard InChI is InChI=1S/C8H14N2/c1-5-10(7(2)3)8(4)6-9/h8H,2,5H2,1,3-4H3. The average Bonchev–Trinajstić information content (AvgIpc) is 1.88. The molecule has 0 N–H and O–H groups in total. The van der Waals surface area contributed by atoms with E-state index in [2.05, 4.69) is 12.6 Å². The molecule has 0 rings (SSSR count). The van der Waals surface area contributed by atoms with Gasteiger partial charge in [-0.3, -0.25) is 0 Å². The van der Waals surface area contributed by atoms with E-state index in [1.807, 2.05) is 25.7 Å². The van der Waals surface area contributed by atoms with Crippen LogP contribution in [-0.2, 0) is 0 Å². The highest BCUT2D eigenvalue weighted by Crippen LogP contribution is 2.04. The predicted octanol–water partition coefficient (Wildman–Crippen LogP) is 1.75. The first kappa shape index (κ1) is 9.03. The highest BCUT2D eigenvalue weighted by Gasteiger charge is 2.08. The highest BCUT2D eigenvalue weighted by molar-refractivity contribution is 4.98. The van der Waals surface area contributed by atoms with E-state index < -0.39 is 0 Å². The molecule has 0 spiro atoms. The molecule has 0 aliphatic rings. The Morgan fingerprint density at radius 1 is 1.80 bits per heavy atom. The molecule has 2 heteroatoms. The van der Waals surface area contributed by atoms with Gasteiger partial charge in [0, 0.05) is 12.2 Å². The lowest BCUT2D eigenvalue weighted by Crippen LogP contribution is -2.29. The lowest BCUT2D eigenvalue weighted by molar-refractivity contribution is 0.331. The summed E-state index contributed by atoms with van der Waals surface area (Å²) in [6.45, 7) is 10.4. The van der Waals surface area contributed by atoms with Crippen LogP contribution in [0.5, 0.6) is 0 Å². The number of allylic oxidation sites excluding steroid dienone is 1. The number of nitriles is 1. The maximum atomic E-state index is 8.55. The second-order valence-electron chi connectivity index (χ2n) is 2.33. The summed E-state index contributed by atoms with van der Waals surface area (Å²) in [5, 5.41) is 8.55. The second-order valence-corrected chi connectivity index (χ2v) is 2.33. The van der Waals surface area contributed by atoms with E-state index >= 15 is 0 Å². The molecule has 2 nitrogen and oxygen atoms in total. The topological polar surface area (TPSA) is 27.0 Å². The van der Waals surface area contributed by atoms with Gasteiger partial charge >= 0.3 is 0 Å². The first-order valence-electron chi connectivity index (χ1n) is 3.45. The molecule has 0 amide bonds. The Morgan fingerprint density at radius 3 is 2.40 bits per heavy atom. The van der Waals surface area contributed by atoms with Crippen LogP contribution in [0.2, 0.25) is 0 Å². The van der Waals surface area contributed by atoms with Gasteiger partial charge in [0.25, 0.3) is 0 Å². The summed E-state index contributed by atoms with van der Waals surface area (Å²) in [6.07, 6.45) is 0. The van der Waals surface area contributed by atoms with Crippen molar-refractivity contribution in [3.8, 4) is 6.07 Å². The summed E-state index contributed by atoms with van der Waals surface area (Å²) in [6, 6.07) is 2.11. The van der Waals surface area contributed by atoms with Gasteiger partial charge in [0.2, 0.25) is 0 Å². The van der Waals surface area contributed by atoms with E-state index in [0.29, 0.717) is 0 Å². The molecule has 0 bridgehead atoms. The Hall–Kier alpha value is -0.970. The number of rotatable bonds is 3. The fraction of sp³-hybridized carbons (Fsp3) is 0.625. The summed E-state index contributed by atoms with van der Waals surface area (Å²) in [5.41, 5.74) is 0.955. The van der Waals surface area contributed by atoms with Crippen molar-refractivity contribution >= 4 is 0 Å². The summed E-state index contributed by atoms with van der Waals surface area (Å²) >= 11 is 0. The van der Waals surface area contributed by atoms with E-state index in [9.17, 15) is 0 Å². The smallest absolute Gasteiger partial charge is 0.113 e. The van der Waals surface area contributed by atoms with Crippen LogP contribution in [0.4, 0.5) is 0 Å². The first-order chi connectivity index (χ1) is 4.63. The normalized spacial score (nSPS) is 11.8. The minimum Gasteiger partial charge on any atom is -0.360 e. The van der Waals surface area contributed by atoms with E-state index in [4.69, 9.17) is 5.26 Å². The molecule has 1 atom stereocenters. The van der Waals surface area contributed by atoms with Gasteiger partial charge in [-0.05, 0) is 20.8 Å². The molecule has 0 aromatic carbocycles. The van der Waals surface area contributed by atoms with Gasteiger partial charge < -0.3 is 4.90 Å². The van der Waals surface area contributed by atoms with Crippen LogP contribution in [-0.4, -0.2) is 17.5 Å². The summed E-state index contributed by atoms with van der Waals surface area (Å²) in [4.78, 5) is 1.96. The van der Waals surface area contributed by atoms with Crippen molar-refractivity contribution in [3.05, 3.63) is 12.3 Å². The molecule has 10 heavy (non-hydrogen) atoms. The van der Waals surface area contributed by atoms with Crippen LogP contribution in [0.25, 0.3) is 0 Å². The molecular formula is C8H14N2. The maximum absolute atomic E-state index is 8.55. The minimum absolute atomic E-state index is 0.0532. The molecule has 0 saturated heterocycles. The second kappa shape index (κ2) is 3.94. The fourth-order valence-corrected chi connectivity index (χ4v) is 0.944. The third kappa shape index (κ3) is 2.10. The largest absolute Gasteiger partial charge is 0.360 e. The van der Waals surface area contributed by atoms with E-state index in [-0.39, 0.29) is 6.04 Å². The van der Waals surface area contributed by atoms with Gasteiger partial charge in [0.15, 0.2) is 0 Å². The Bertz CT molecular complexity index is 155. The van der Waals surface area contributed by atoms with Gasteiger partial charge in [-0.1, -0.05) is 6.58 Å². The maximum Gasteiger partial charge on any atom is 0.113 e. The molecule has 0 aromatic heterocycles. The van der Waals surface area contributed by atoms with Crippen molar-refractivity contribution in [3.63, 3.8) is 0 Å². The fourth-order valence-electron chi connectivity index (χ4n) is 0.944. The predicted molar refractivity (Wildman–Crippen MR) is 42.3 cm³/mol. The first-order valence-corrected chi connectivity index (χ1v) is 3.45. The quantitative estimate of drug-likeness (QED) is 0.594. The summed E-state index contributed by atoms with van der Waals surface area (Å²) in [5.74, 6) is 0. The molecule has 0 radical (unpaired) electrons. The van der Waals surface area contributed by atoms with Gasteiger partial charge in [0.1, 0.15) is 6.04 Å². The van der Waals surface area contributed by atoms with Gasteiger partial charge in [-0.2, -0.15) is 5.26 Å². The van der Waals surface area contributed by atoms with Crippen molar-refractivity contribution in [2.75, 3.05) is 6.54 Å². The lowest BCUT2D eigenvalue weighted by atomic mass is 10.3. The zero-order valence-corrected chi connectivity index (χ0v) is 6.89. The van der Waals surface area contributed by atoms with Crippen LogP contribution >= 0.6 is 0 Å². The van der Waals surface area contributed by atoms with Crippen LogP contribution < -0.4 is 0 Å². The SMILES string of the molecule is C=C(C)N(CC)C(C)C#N. The highest BCUT2D eigenvalue weighted by atomic mass is 15.1. The molecule has 0 heterocycles. The van der Waals surface area contributed by atoms with Crippen LogP contribution in [0, 0.1) is 11.3 Å². The van der Waals surface area contributed by atoms with Crippen molar-refractivity contribution in [2.45, 2.75) is 26.8 Å². The minimum atomic E-state index is -0.0532. The Labute approximate surface area is 62.8 Å². The van der Waals surface area contributed by atoms with Gasteiger partial charge in [0.05, 0.1) is 6.07 Å². The van der Waals surface area contributed by atoms with Crippen LogP contribution in [0.15, 0.2) is 12.3 Å². The monoisotopic (exact) mass is 138 g/mol. The molecule has 0 aliphatic carbocycles. The average molecular weight is 138 g/mol. The third-order valence-electron chi connectivity index (χ3n) is 1.49. The van der Waals surface area contributed by atoms with Crippen molar-refractivity contribution < 1.29 is 0 Å². The summed E-state index contributed by atoms with van der Waals surface area (Å²) < 4.78 is 0. The van der Waals surface area contributed by atoms with Crippen molar-refractivity contribution in [2.24, 2.45) is 0 Å². The lowest BCUT2D eigenvalue weighted by Gasteiger charge is -2.24. The molecule has 0 aliphatic heterocycles. The van der Waals surface area contributed by atoms with E-state index in [0.717, 1.165) is 12.2 Å². The van der Waals surface area contributed by atoms with Gasteiger partial charge in [-0.25, -0.2) is 0 Å². The van der Waals surface area contributed by atoms with Gasteiger partial charge in [-0.15, -0.1) is 0 Å². The molecular weight excluding hydrogens is 124 g/mol. The molecule has 56 valence electrons. The van der Waals surface area contributed by atoms with E-state index in [1.54, 1.807) is 0 Å². The molecule has 0 aromatic rings. The molecule has 1 unspecified atom stereocenters. The van der Waals surface area contributed by atoms with Crippen LogP contribution in [0.3, 0.4) is 0 Å². The number of nitrogens with zero attached hydrogens (tertiary/aromatic N) is 2. The third-order valence-corrected chi connectivity index (χ3v) is 1.49.